The number of nitrogens with one attached hydrogen (secondary N) is 1. The van der Waals surface area contributed by atoms with Gasteiger partial charge in [0, 0.05) is 22.6 Å². The summed E-state index contributed by atoms with van der Waals surface area (Å²) in [4.78, 5) is 28.0. The zero-order valence-corrected chi connectivity index (χ0v) is 24.0. The van der Waals surface area contributed by atoms with Crippen molar-refractivity contribution in [2.75, 3.05) is 17.4 Å². The van der Waals surface area contributed by atoms with Gasteiger partial charge >= 0.3 is 0 Å². The average Bonchev–Trinajstić information content (AvgIpc) is 2.86. The Morgan fingerprint density at radius 2 is 1.70 bits per heavy atom. The van der Waals surface area contributed by atoms with Crippen LogP contribution in [0.2, 0.25) is 5.02 Å². The van der Waals surface area contributed by atoms with Crippen molar-refractivity contribution in [2.45, 2.75) is 38.3 Å². The lowest BCUT2D eigenvalue weighted by Gasteiger charge is -2.32. The summed E-state index contributed by atoms with van der Waals surface area (Å²) in [5.74, 6) is -0.839. The molecular weight excluding hydrogens is 578 g/mol. The number of amides is 2. The highest BCUT2D eigenvalue weighted by atomic mass is 79.9. The van der Waals surface area contributed by atoms with Crippen molar-refractivity contribution in [2.24, 2.45) is 0 Å². The molecule has 0 saturated heterocycles. The van der Waals surface area contributed by atoms with E-state index in [1.165, 1.54) is 29.2 Å². The summed E-state index contributed by atoms with van der Waals surface area (Å²) in [5.41, 5.74) is 1.85. The van der Waals surface area contributed by atoms with Crippen LogP contribution in [0.25, 0.3) is 0 Å². The molecule has 10 heteroatoms. The molecule has 3 aromatic rings. The van der Waals surface area contributed by atoms with E-state index < -0.39 is 28.5 Å². The second-order valence-electron chi connectivity index (χ2n) is 8.47. The van der Waals surface area contributed by atoms with E-state index in [0.29, 0.717) is 22.8 Å². The van der Waals surface area contributed by atoms with E-state index in [1.807, 2.05) is 24.3 Å². The number of carbonyl (C=O) groups is 2. The van der Waals surface area contributed by atoms with Crippen molar-refractivity contribution in [1.82, 2.24) is 10.2 Å². The van der Waals surface area contributed by atoms with Gasteiger partial charge in [-0.15, -0.1) is 0 Å². The third-order valence-electron chi connectivity index (χ3n) is 5.82. The summed E-state index contributed by atoms with van der Waals surface area (Å²) in [5, 5.41) is 3.14. The fraction of sp³-hybridized carbons (Fsp3) is 0.259. The van der Waals surface area contributed by atoms with E-state index >= 15 is 0 Å². The van der Waals surface area contributed by atoms with Gasteiger partial charge in [0.1, 0.15) is 12.6 Å². The Morgan fingerprint density at radius 1 is 1.03 bits per heavy atom. The molecule has 0 aromatic heterocycles. The predicted octanol–water partition coefficient (Wildman–Crippen LogP) is 5.16. The molecule has 1 atom stereocenters. The molecule has 0 radical (unpaired) electrons. The number of aryl methyl sites for hydroxylation is 1. The van der Waals surface area contributed by atoms with E-state index in [4.69, 9.17) is 11.6 Å². The maximum absolute atomic E-state index is 13.8. The molecule has 0 aliphatic rings. The maximum atomic E-state index is 13.8. The standard InChI is InChI=1S/C27H29BrClN3O4S/c1-4-30-27(34)20(3)31(17-21-9-7-10-22(28)16-21)26(33)18-32(25-11-6-5-8-19(25)2)37(35,36)24-14-12-23(29)13-15-24/h5-16,20H,4,17-18H2,1-3H3,(H,30,34). The number of rotatable bonds is 10. The van der Waals surface area contributed by atoms with Gasteiger partial charge in [0.2, 0.25) is 11.8 Å². The quantitative estimate of drug-likeness (QED) is 0.346. The van der Waals surface area contributed by atoms with Gasteiger partial charge in [-0.05, 0) is 74.4 Å². The summed E-state index contributed by atoms with van der Waals surface area (Å²) in [7, 11) is -4.14. The largest absolute Gasteiger partial charge is 0.355 e. The van der Waals surface area contributed by atoms with E-state index in [0.717, 1.165) is 14.3 Å². The van der Waals surface area contributed by atoms with Crippen LogP contribution in [0.5, 0.6) is 0 Å². The van der Waals surface area contributed by atoms with E-state index in [2.05, 4.69) is 21.2 Å². The number of anilines is 1. The van der Waals surface area contributed by atoms with Gasteiger partial charge < -0.3 is 10.2 Å². The van der Waals surface area contributed by atoms with Crippen LogP contribution in [0.3, 0.4) is 0 Å². The highest BCUT2D eigenvalue weighted by Gasteiger charge is 2.33. The predicted molar refractivity (Wildman–Crippen MR) is 150 cm³/mol. The molecule has 0 spiro atoms. The first-order valence-electron chi connectivity index (χ1n) is 11.7. The Labute approximate surface area is 231 Å². The van der Waals surface area contributed by atoms with Crippen molar-refractivity contribution < 1.29 is 18.0 Å². The molecule has 0 bridgehead atoms. The molecule has 1 N–H and O–H groups in total. The molecule has 3 aromatic carbocycles. The van der Waals surface area contributed by atoms with Crippen LogP contribution in [0, 0.1) is 6.92 Å². The molecule has 0 fully saturated rings. The Balaban J connectivity index is 2.04. The second-order valence-corrected chi connectivity index (χ2v) is 11.7. The van der Waals surface area contributed by atoms with Crippen molar-refractivity contribution in [1.29, 1.82) is 0 Å². The normalized spacial score (nSPS) is 12.0. The number of likely N-dealkylation sites (N-methyl/N-ethyl adjacent to an activating group) is 1. The van der Waals surface area contributed by atoms with Gasteiger partial charge in [0.15, 0.2) is 0 Å². The Bertz CT molecular complexity index is 1370. The van der Waals surface area contributed by atoms with Crippen LogP contribution in [0.15, 0.2) is 82.2 Å². The number of benzene rings is 3. The van der Waals surface area contributed by atoms with Gasteiger partial charge in [-0.25, -0.2) is 8.42 Å². The highest BCUT2D eigenvalue weighted by molar-refractivity contribution is 9.10. The van der Waals surface area contributed by atoms with Crippen LogP contribution in [0.4, 0.5) is 5.69 Å². The van der Waals surface area contributed by atoms with Crippen LogP contribution >= 0.6 is 27.5 Å². The average molecular weight is 607 g/mol. The first kappa shape index (κ1) is 28.7. The topological polar surface area (TPSA) is 86.8 Å². The first-order valence-corrected chi connectivity index (χ1v) is 14.3. The van der Waals surface area contributed by atoms with Gasteiger partial charge in [-0.2, -0.15) is 0 Å². The summed E-state index contributed by atoms with van der Waals surface area (Å²) < 4.78 is 29.5. The maximum Gasteiger partial charge on any atom is 0.264 e. The molecule has 0 saturated carbocycles. The molecule has 7 nitrogen and oxygen atoms in total. The van der Waals surface area contributed by atoms with Crippen LogP contribution in [-0.2, 0) is 26.2 Å². The van der Waals surface area contributed by atoms with Crippen LogP contribution in [0.1, 0.15) is 25.0 Å². The number of para-hydroxylation sites is 1. The third-order valence-corrected chi connectivity index (χ3v) is 8.34. The minimum atomic E-state index is -4.14. The first-order chi connectivity index (χ1) is 17.5. The van der Waals surface area contributed by atoms with Crippen molar-refractivity contribution in [3.8, 4) is 0 Å². The van der Waals surface area contributed by atoms with Crippen molar-refractivity contribution in [3.05, 3.63) is 93.4 Å². The van der Waals surface area contributed by atoms with E-state index in [-0.39, 0.29) is 17.3 Å². The fourth-order valence-corrected chi connectivity index (χ4v) is 5.88. The molecule has 0 heterocycles. The minimum absolute atomic E-state index is 0.00303. The zero-order chi connectivity index (χ0) is 27.2. The van der Waals surface area contributed by atoms with Crippen LogP contribution < -0.4 is 9.62 Å². The fourth-order valence-electron chi connectivity index (χ4n) is 3.83. The van der Waals surface area contributed by atoms with Crippen molar-refractivity contribution in [3.63, 3.8) is 0 Å². The molecule has 37 heavy (non-hydrogen) atoms. The molecular formula is C27H29BrClN3O4S. The SMILES string of the molecule is CCNC(=O)C(C)N(Cc1cccc(Br)c1)C(=O)CN(c1ccccc1C)S(=O)(=O)c1ccc(Cl)cc1. The number of hydrogen-bond donors (Lipinski definition) is 1. The van der Waals surface area contributed by atoms with Gasteiger partial charge in [-0.1, -0.05) is 57.9 Å². The lowest BCUT2D eigenvalue weighted by molar-refractivity contribution is -0.139. The lowest BCUT2D eigenvalue weighted by Crippen LogP contribution is -2.51. The minimum Gasteiger partial charge on any atom is -0.355 e. The molecule has 2 amide bonds. The smallest absolute Gasteiger partial charge is 0.264 e. The van der Waals surface area contributed by atoms with Gasteiger partial charge in [0.25, 0.3) is 10.0 Å². The zero-order valence-electron chi connectivity index (χ0n) is 20.8. The number of nitrogens with zero attached hydrogens (tertiary/aromatic N) is 2. The van der Waals surface area contributed by atoms with E-state index in [9.17, 15) is 18.0 Å². The monoisotopic (exact) mass is 605 g/mol. The van der Waals surface area contributed by atoms with Gasteiger partial charge in [-0.3, -0.25) is 13.9 Å². The molecule has 1 unspecified atom stereocenters. The number of carbonyl (C=O) groups excluding carboxylic acids is 2. The lowest BCUT2D eigenvalue weighted by atomic mass is 10.1. The molecule has 3 rings (SSSR count). The molecule has 0 aliphatic carbocycles. The summed E-state index contributed by atoms with van der Waals surface area (Å²) in [6.07, 6.45) is 0. The van der Waals surface area contributed by atoms with Crippen molar-refractivity contribution >= 4 is 55.1 Å². The number of halogens is 2. The molecule has 0 aliphatic heterocycles. The van der Waals surface area contributed by atoms with E-state index in [1.54, 1.807) is 45.0 Å². The molecule has 196 valence electrons. The summed E-state index contributed by atoms with van der Waals surface area (Å²) in [6.45, 7) is 5.24. The second kappa shape index (κ2) is 12.6. The summed E-state index contributed by atoms with van der Waals surface area (Å²) >= 11 is 9.41. The summed E-state index contributed by atoms with van der Waals surface area (Å²) in [6, 6.07) is 19.3. The number of sulfonamides is 1. The van der Waals surface area contributed by atoms with Crippen LogP contribution in [-0.4, -0.2) is 44.3 Å². The third kappa shape index (κ3) is 7.12. The Kier molecular flexibility index (Phi) is 9.75. The number of hydrogen-bond acceptors (Lipinski definition) is 4. The Hall–Kier alpha value is -2.88. The highest BCUT2D eigenvalue weighted by Crippen LogP contribution is 2.28. The van der Waals surface area contributed by atoms with Gasteiger partial charge in [0.05, 0.1) is 10.6 Å². The Morgan fingerprint density at radius 3 is 2.32 bits per heavy atom.